The van der Waals surface area contributed by atoms with E-state index in [4.69, 9.17) is 16.7 Å². The number of nitrogens with zero attached hydrogens (tertiary/aromatic N) is 5. The second kappa shape index (κ2) is 12.7. The number of nitrogens with one attached hydrogen (secondary N) is 5. The van der Waals surface area contributed by atoms with Crippen LogP contribution in [-0.2, 0) is 0 Å². The molecule has 0 aliphatic heterocycles. The maximum absolute atomic E-state index is 13.1. The molecule has 0 aromatic carbocycles. The average Bonchev–Trinajstić information content (AvgIpc) is 3.62. The first-order valence-electron chi connectivity index (χ1n) is 13.9. The molecule has 0 bridgehead atoms. The number of anilines is 3. The fraction of sp³-hybridized carbons (Fsp3) is 0.519. The third kappa shape index (κ3) is 7.51. The summed E-state index contributed by atoms with van der Waals surface area (Å²) in [7, 11) is 4.05. The molecule has 5 N–H and O–H groups in total. The quantitative estimate of drug-likeness (QED) is 0.175. The van der Waals surface area contributed by atoms with Crippen LogP contribution >= 0.6 is 11.6 Å². The Morgan fingerprint density at radius 1 is 1.02 bits per heavy atom. The highest BCUT2D eigenvalue weighted by Crippen LogP contribution is 2.30. The fourth-order valence-electron chi connectivity index (χ4n) is 4.85. The van der Waals surface area contributed by atoms with Crippen LogP contribution in [0.4, 0.5) is 22.0 Å². The van der Waals surface area contributed by atoms with Crippen LogP contribution in [0.25, 0.3) is 5.65 Å². The van der Waals surface area contributed by atoms with Gasteiger partial charge in [0, 0.05) is 42.6 Å². The number of rotatable bonds is 11. The summed E-state index contributed by atoms with van der Waals surface area (Å²) in [5.41, 5.74) is 2.29. The number of carbonyl (C=O) groups excluding carboxylic acids is 2. The number of fused-ring (bicyclic) bond motifs is 1. The summed E-state index contributed by atoms with van der Waals surface area (Å²) in [5, 5.41) is 21.0. The van der Waals surface area contributed by atoms with Gasteiger partial charge in [-0.3, -0.25) is 4.79 Å². The summed E-state index contributed by atoms with van der Waals surface area (Å²) in [4.78, 5) is 35.9. The Labute approximate surface area is 238 Å². The summed E-state index contributed by atoms with van der Waals surface area (Å²) in [6, 6.07) is 5.90. The molecule has 2 aliphatic rings. The first kappa shape index (κ1) is 27.9. The molecule has 3 amide bonds. The molecule has 3 aromatic heterocycles. The highest BCUT2D eigenvalue weighted by molar-refractivity contribution is 6.29. The molecule has 40 heavy (non-hydrogen) atoms. The van der Waals surface area contributed by atoms with Gasteiger partial charge in [0.05, 0.1) is 11.9 Å². The standard InChI is InChI=1S/C27H37ClN10O2/c1-37(2)13-3-11-30-27(40)35-19-8-6-18(7-9-19)33-24-15-21(32-17-4-5-17)25-31-16-22(38(25)36-24)26(39)34-20-10-12-29-23(28)14-20/h10,12,14-19,32H,3-9,11,13H2,1-2H3,(H,33,36)(H,29,34,39)(H2,30,35,40)/t18-,19-. The van der Waals surface area contributed by atoms with Gasteiger partial charge in [0.25, 0.3) is 5.91 Å². The fourth-order valence-corrected chi connectivity index (χ4v) is 5.02. The topological polar surface area (TPSA) is 141 Å². The zero-order chi connectivity index (χ0) is 28.1. The summed E-state index contributed by atoms with van der Waals surface area (Å²) < 4.78 is 1.58. The Balaban J connectivity index is 1.22. The molecule has 2 aliphatic carbocycles. The van der Waals surface area contributed by atoms with E-state index in [2.05, 4.69) is 41.5 Å². The molecule has 3 aromatic rings. The molecular formula is C27H37ClN10O2. The number of urea groups is 1. The van der Waals surface area contributed by atoms with Crippen molar-refractivity contribution in [2.45, 2.75) is 63.1 Å². The summed E-state index contributed by atoms with van der Waals surface area (Å²) in [5.74, 6) is 0.327. The summed E-state index contributed by atoms with van der Waals surface area (Å²) >= 11 is 5.97. The number of imidazole rings is 1. The molecule has 0 spiro atoms. The van der Waals surface area contributed by atoms with E-state index in [0.29, 0.717) is 40.6 Å². The van der Waals surface area contributed by atoms with Crippen LogP contribution in [0.15, 0.2) is 30.6 Å². The number of hydrogen-bond acceptors (Lipinski definition) is 8. The second-order valence-corrected chi connectivity index (χ2v) is 11.2. The Morgan fingerprint density at radius 2 is 1.75 bits per heavy atom. The number of amides is 3. The normalized spacial score (nSPS) is 18.9. The predicted molar refractivity (Wildman–Crippen MR) is 156 cm³/mol. The lowest BCUT2D eigenvalue weighted by Crippen LogP contribution is -2.45. The summed E-state index contributed by atoms with van der Waals surface area (Å²) in [6.45, 7) is 1.61. The largest absolute Gasteiger partial charge is 0.379 e. The van der Waals surface area contributed by atoms with E-state index in [1.165, 1.54) is 12.4 Å². The molecule has 2 fully saturated rings. The molecule has 12 nitrogen and oxygen atoms in total. The Bertz CT molecular complexity index is 1330. The van der Waals surface area contributed by atoms with Crippen LogP contribution in [0.1, 0.15) is 55.4 Å². The monoisotopic (exact) mass is 568 g/mol. The van der Waals surface area contributed by atoms with Crippen molar-refractivity contribution in [3.05, 3.63) is 41.4 Å². The van der Waals surface area contributed by atoms with Gasteiger partial charge in [-0.05, 0) is 77.7 Å². The number of aromatic nitrogens is 4. The van der Waals surface area contributed by atoms with Crippen molar-refractivity contribution in [2.24, 2.45) is 0 Å². The van der Waals surface area contributed by atoms with Crippen molar-refractivity contribution in [2.75, 3.05) is 43.1 Å². The lowest BCUT2D eigenvalue weighted by atomic mass is 9.91. The molecule has 0 unspecified atom stereocenters. The lowest BCUT2D eigenvalue weighted by Gasteiger charge is -2.30. The van der Waals surface area contributed by atoms with E-state index in [1.54, 1.807) is 16.6 Å². The molecule has 13 heteroatoms. The Morgan fingerprint density at radius 3 is 2.48 bits per heavy atom. The van der Waals surface area contributed by atoms with Gasteiger partial charge >= 0.3 is 6.03 Å². The first-order valence-corrected chi connectivity index (χ1v) is 14.3. The number of halogens is 1. The number of hydrogen-bond donors (Lipinski definition) is 5. The van der Waals surface area contributed by atoms with Crippen molar-refractivity contribution in [3.8, 4) is 0 Å². The van der Waals surface area contributed by atoms with Crippen molar-refractivity contribution >= 4 is 46.4 Å². The van der Waals surface area contributed by atoms with Gasteiger partial charge in [0.15, 0.2) is 11.3 Å². The van der Waals surface area contributed by atoms with Crippen LogP contribution in [0, 0.1) is 0 Å². The van der Waals surface area contributed by atoms with E-state index >= 15 is 0 Å². The lowest BCUT2D eigenvalue weighted by molar-refractivity contribution is 0.102. The van der Waals surface area contributed by atoms with Crippen molar-refractivity contribution in [1.29, 1.82) is 0 Å². The second-order valence-electron chi connectivity index (χ2n) is 10.8. The molecule has 2 saturated carbocycles. The van der Waals surface area contributed by atoms with Crippen LogP contribution in [-0.4, -0.2) is 81.7 Å². The van der Waals surface area contributed by atoms with E-state index in [-0.39, 0.29) is 24.0 Å². The van der Waals surface area contributed by atoms with E-state index in [0.717, 1.165) is 57.2 Å². The minimum absolute atomic E-state index is 0.0990. The number of carbonyl (C=O) groups is 2. The molecule has 5 rings (SSSR count). The zero-order valence-corrected chi connectivity index (χ0v) is 23.7. The molecule has 3 heterocycles. The highest BCUT2D eigenvalue weighted by Gasteiger charge is 2.26. The van der Waals surface area contributed by atoms with Crippen LogP contribution in [0.2, 0.25) is 5.15 Å². The van der Waals surface area contributed by atoms with E-state index < -0.39 is 0 Å². The van der Waals surface area contributed by atoms with Crippen molar-refractivity contribution < 1.29 is 9.59 Å². The predicted octanol–water partition coefficient (Wildman–Crippen LogP) is 3.58. The van der Waals surface area contributed by atoms with E-state index in [9.17, 15) is 9.59 Å². The first-order chi connectivity index (χ1) is 19.3. The third-order valence-electron chi connectivity index (χ3n) is 7.10. The van der Waals surface area contributed by atoms with Gasteiger partial charge in [-0.15, -0.1) is 5.10 Å². The third-order valence-corrected chi connectivity index (χ3v) is 7.31. The molecule has 0 radical (unpaired) electrons. The van der Waals surface area contributed by atoms with Gasteiger partial charge in [0.1, 0.15) is 11.0 Å². The molecule has 0 saturated heterocycles. The van der Waals surface area contributed by atoms with Gasteiger partial charge in [0.2, 0.25) is 0 Å². The Kier molecular flexibility index (Phi) is 8.85. The van der Waals surface area contributed by atoms with Gasteiger partial charge < -0.3 is 31.5 Å². The maximum atomic E-state index is 13.1. The Hall–Kier alpha value is -3.64. The highest BCUT2D eigenvalue weighted by atomic mass is 35.5. The van der Waals surface area contributed by atoms with Gasteiger partial charge in [-0.25, -0.2) is 19.3 Å². The summed E-state index contributed by atoms with van der Waals surface area (Å²) in [6.07, 6.45) is 9.76. The van der Waals surface area contributed by atoms with Crippen LogP contribution in [0.5, 0.6) is 0 Å². The molecular weight excluding hydrogens is 532 g/mol. The minimum Gasteiger partial charge on any atom is -0.379 e. The average molecular weight is 569 g/mol. The van der Waals surface area contributed by atoms with Crippen LogP contribution < -0.4 is 26.6 Å². The van der Waals surface area contributed by atoms with Crippen LogP contribution in [0.3, 0.4) is 0 Å². The SMILES string of the molecule is CN(C)CCCNC(=O)N[C@H]1CC[C@H](Nc2cc(NC3CC3)c3ncc(C(=O)Nc4ccnc(Cl)c4)n3n2)CC1. The van der Waals surface area contributed by atoms with Gasteiger partial charge in [-0.1, -0.05) is 11.6 Å². The van der Waals surface area contributed by atoms with Crippen molar-refractivity contribution in [1.82, 2.24) is 35.1 Å². The molecule has 214 valence electrons. The van der Waals surface area contributed by atoms with Crippen molar-refractivity contribution in [3.63, 3.8) is 0 Å². The smallest absolute Gasteiger partial charge is 0.315 e. The van der Waals surface area contributed by atoms with E-state index in [1.807, 2.05) is 20.2 Å². The van der Waals surface area contributed by atoms with Gasteiger partial charge in [-0.2, -0.15) is 0 Å². The number of pyridine rings is 1. The minimum atomic E-state index is -0.344. The maximum Gasteiger partial charge on any atom is 0.315 e. The zero-order valence-electron chi connectivity index (χ0n) is 22.9. The molecule has 0 atom stereocenters.